The summed E-state index contributed by atoms with van der Waals surface area (Å²) in [7, 11) is 0. The van der Waals surface area contributed by atoms with Gasteiger partial charge in [-0.15, -0.1) is 0 Å². The molecule has 0 saturated heterocycles. The number of ether oxygens (including phenoxy) is 1. The summed E-state index contributed by atoms with van der Waals surface area (Å²) in [5.74, 6) is 0. The van der Waals surface area contributed by atoms with Crippen LogP contribution in [0, 0.1) is 11.3 Å². The van der Waals surface area contributed by atoms with Crippen molar-refractivity contribution in [2.75, 3.05) is 0 Å². The third-order valence-corrected chi connectivity index (χ3v) is 2.26. The van der Waals surface area contributed by atoms with E-state index in [2.05, 4.69) is 41.5 Å². The fourth-order valence-corrected chi connectivity index (χ4v) is 0.892. The van der Waals surface area contributed by atoms with Crippen LogP contribution in [0.2, 0.25) is 0 Å². The van der Waals surface area contributed by atoms with Gasteiger partial charge in [0.05, 0.1) is 17.3 Å². The lowest BCUT2D eigenvalue weighted by atomic mass is 10.0. The van der Waals surface area contributed by atoms with Gasteiger partial charge in [-0.2, -0.15) is 5.26 Å². The van der Waals surface area contributed by atoms with E-state index in [1.807, 2.05) is 0 Å². The predicted octanol–water partition coefficient (Wildman–Crippen LogP) is 3.91. The summed E-state index contributed by atoms with van der Waals surface area (Å²) >= 11 is 0. The van der Waals surface area contributed by atoms with Crippen molar-refractivity contribution in [2.45, 2.75) is 72.5 Å². The molecule has 0 amide bonds. The van der Waals surface area contributed by atoms with E-state index >= 15 is 0 Å². The van der Waals surface area contributed by atoms with Gasteiger partial charge in [-0.1, -0.05) is 13.8 Å². The third-order valence-electron chi connectivity index (χ3n) is 2.26. The molecule has 0 atom stereocenters. The van der Waals surface area contributed by atoms with Crippen LogP contribution in [0.4, 0.5) is 0 Å². The Kier molecular flexibility index (Phi) is 7.77. The van der Waals surface area contributed by atoms with Crippen LogP contribution in [-0.4, -0.2) is 11.2 Å². The Bertz CT molecular complexity index is 163. The van der Waals surface area contributed by atoms with Crippen LogP contribution in [0.5, 0.6) is 0 Å². The molecule has 2 nitrogen and oxygen atoms in total. The van der Waals surface area contributed by atoms with Gasteiger partial charge in [-0.25, -0.2) is 0 Å². The molecule has 0 bridgehead atoms. The molecular weight excluding hydrogens is 174 g/mol. The molecular formula is C12H25NO. The minimum Gasteiger partial charge on any atom is -0.370 e. The second-order valence-electron chi connectivity index (χ2n) is 4.55. The van der Waals surface area contributed by atoms with Crippen LogP contribution in [0.15, 0.2) is 0 Å². The minimum absolute atomic E-state index is 0.0273. The summed E-state index contributed by atoms with van der Waals surface area (Å²) in [6, 6.07) is 1.75. The van der Waals surface area contributed by atoms with Crippen LogP contribution in [0.3, 0.4) is 0 Å². The van der Waals surface area contributed by atoms with E-state index in [9.17, 15) is 0 Å². The van der Waals surface area contributed by atoms with Gasteiger partial charge < -0.3 is 4.74 Å². The van der Waals surface area contributed by atoms with Crippen molar-refractivity contribution in [1.82, 2.24) is 0 Å². The molecule has 0 saturated carbocycles. The van der Waals surface area contributed by atoms with Crippen molar-refractivity contribution in [3.8, 4) is 6.07 Å². The Morgan fingerprint density at radius 1 is 1.00 bits per heavy atom. The van der Waals surface area contributed by atoms with Gasteiger partial charge in [-0.3, -0.25) is 0 Å². The Morgan fingerprint density at radius 3 is 1.36 bits per heavy atom. The first-order chi connectivity index (χ1) is 6.24. The number of hydrogen-bond acceptors (Lipinski definition) is 2. The Balaban J connectivity index is 0. The molecule has 0 aliphatic carbocycles. The quantitative estimate of drug-likeness (QED) is 0.687. The first-order valence-electron chi connectivity index (χ1n) is 5.25. The molecule has 0 aromatic heterocycles. The van der Waals surface area contributed by atoms with Crippen LogP contribution in [0.1, 0.15) is 61.3 Å². The fraction of sp³-hybridized carbons (Fsp3) is 0.917. The maximum atomic E-state index is 7.32. The molecule has 0 spiro atoms. The number of hydrogen-bond donors (Lipinski definition) is 0. The summed E-state index contributed by atoms with van der Waals surface area (Å²) in [5.41, 5.74) is 0.0546. The van der Waals surface area contributed by atoms with Gasteiger partial charge in [0.2, 0.25) is 0 Å². The molecule has 0 aliphatic heterocycles. The highest BCUT2D eigenvalue weighted by molar-refractivity contribution is 4.74. The van der Waals surface area contributed by atoms with Crippen molar-refractivity contribution in [3.05, 3.63) is 0 Å². The molecule has 0 aromatic rings. The van der Waals surface area contributed by atoms with E-state index < -0.39 is 0 Å². The van der Waals surface area contributed by atoms with E-state index in [-0.39, 0.29) is 11.2 Å². The molecule has 14 heavy (non-hydrogen) atoms. The van der Waals surface area contributed by atoms with E-state index in [4.69, 9.17) is 10.00 Å². The second-order valence-corrected chi connectivity index (χ2v) is 4.55. The van der Waals surface area contributed by atoms with E-state index in [1.165, 1.54) is 6.92 Å². The Hall–Kier alpha value is -0.550. The van der Waals surface area contributed by atoms with E-state index in [1.54, 1.807) is 6.07 Å². The highest BCUT2D eigenvalue weighted by Crippen LogP contribution is 2.24. The Morgan fingerprint density at radius 2 is 1.21 bits per heavy atom. The standard InChI is InChI=1S/C10H22O.C2H3N/c1-7-9(3,4)11-10(5,6)8-2;1-2-3/h7-8H2,1-6H3;1H3. The average molecular weight is 199 g/mol. The van der Waals surface area contributed by atoms with Crippen LogP contribution in [0.25, 0.3) is 0 Å². The molecule has 84 valence electrons. The minimum atomic E-state index is 0.0273. The van der Waals surface area contributed by atoms with E-state index in [0.717, 1.165) is 12.8 Å². The van der Waals surface area contributed by atoms with Gasteiger partial charge in [0.25, 0.3) is 0 Å². The van der Waals surface area contributed by atoms with Gasteiger partial charge in [0, 0.05) is 6.92 Å². The monoisotopic (exact) mass is 199 g/mol. The van der Waals surface area contributed by atoms with E-state index in [0.29, 0.717) is 0 Å². The number of nitrogens with zero attached hydrogens (tertiary/aromatic N) is 1. The maximum absolute atomic E-state index is 7.32. The number of rotatable bonds is 4. The molecule has 0 aromatic carbocycles. The van der Waals surface area contributed by atoms with Crippen molar-refractivity contribution < 1.29 is 4.74 Å². The molecule has 2 heteroatoms. The smallest absolute Gasteiger partial charge is 0.0631 e. The summed E-state index contributed by atoms with van der Waals surface area (Å²) in [6.07, 6.45) is 2.13. The molecule has 0 N–H and O–H groups in total. The molecule has 0 unspecified atom stereocenters. The largest absolute Gasteiger partial charge is 0.370 e. The van der Waals surface area contributed by atoms with Crippen molar-refractivity contribution in [1.29, 1.82) is 5.26 Å². The van der Waals surface area contributed by atoms with Crippen molar-refractivity contribution >= 4 is 0 Å². The average Bonchev–Trinajstić information content (AvgIpc) is 2.04. The fourth-order valence-electron chi connectivity index (χ4n) is 0.892. The highest BCUT2D eigenvalue weighted by atomic mass is 16.5. The highest BCUT2D eigenvalue weighted by Gasteiger charge is 2.25. The number of nitriles is 1. The van der Waals surface area contributed by atoms with Crippen LogP contribution < -0.4 is 0 Å². The lowest BCUT2D eigenvalue weighted by molar-refractivity contribution is -0.124. The Labute approximate surface area is 89.3 Å². The van der Waals surface area contributed by atoms with Gasteiger partial charge in [0.1, 0.15) is 0 Å². The van der Waals surface area contributed by atoms with Crippen molar-refractivity contribution in [3.63, 3.8) is 0 Å². The molecule has 0 heterocycles. The summed E-state index contributed by atoms with van der Waals surface area (Å²) in [6.45, 7) is 14.3. The van der Waals surface area contributed by atoms with Gasteiger partial charge >= 0.3 is 0 Å². The van der Waals surface area contributed by atoms with Crippen LogP contribution >= 0.6 is 0 Å². The van der Waals surface area contributed by atoms with Gasteiger partial charge in [0.15, 0.2) is 0 Å². The zero-order valence-corrected chi connectivity index (χ0v) is 10.8. The summed E-state index contributed by atoms with van der Waals surface area (Å²) in [4.78, 5) is 0. The molecule has 0 radical (unpaired) electrons. The lowest BCUT2D eigenvalue weighted by Gasteiger charge is -2.34. The third kappa shape index (κ3) is 9.54. The summed E-state index contributed by atoms with van der Waals surface area (Å²) < 4.78 is 5.92. The topological polar surface area (TPSA) is 33.0 Å². The zero-order chi connectivity index (χ0) is 11.8. The predicted molar refractivity (Wildman–Crippen MR) is 61.1 cm³/mol. The SMILES string of the molecule is CC#N.CCC(C)(C)OC(C)(C)CC. The first-order valence-corrected chi connectivity index (χ1v) is 5.25. The lowest BCUT2D eigenvalue weighted by Crippen LogP contribution is -2.35. The normalized spacial score (nSPS) is 11.3. The first kappa shape index (κ1) is 15.9. The van der Waals surface area contributed by atoms with Crippen molar-refractivity contribution in [2.24, 2.45) is 0 Å². The van der Waals surface area contributed by atoms with Crippen LogP contribution in [-0.2, 0) is 4.74 Å². The zero-order valence-electron chi connectivity index (χ0n) is 10.8. The van der Waals surface area contributed by atoms with Gasteiger partial charge in [-0.05, 0) is 40.5 Å². The molecule has 0 rings (SSSR count). The molecule has 0 fully saturated rings. The summed E-state index contributed by atoms with van der Waals surface area (Å²) in [5, 5.41) is 7.32. The maximum Gasteiger partial charge on any atom is 0.0631 e. The second kappa shape index (κ2) is 6.84. The molecule has 0 aliphatic rings.